The van der Waals surface area contributed by atoms with Crippen LogP contribution >= 0.6 is 0 Å². The van der Waals surface area contributed by atoms with Crippen LogP contribution in [0.4, 0.5) is 0 Å². The van der Waals surface area contributed by atoms with Crippen molar-refractivity contribution in [2.75, 3.05) is 163 Å². The lowest BCUT2D eigenvalue weighted by Gasteiger charge is -2.44. The van der Waals surface area contributed by atoms with Gasteiger partial charge in [-0.3, -0.25) is 4.79 Å². The van der Waals surface area contributed by atoms with Crippen molar-refractivity contribution < 1.29 is 204 Å². The minimum atomic E-state index is -1.57. The summed E-state index contributed by atoms with van der Waals surface area (Å²) in [7, 11) is 15.8. The summed E-state index contributed by atoms with van der Waals surface area (Å²) in [4.78, 5) is 55.7. The summed E-state index contributed by atoms with van der Waals surface area (Å²) in [6.07, 6.45) is -14.8. The fourth-order valence-electron chi connectivity index (χ4n) is 12.8. The summed E-state index contributed by atoms with van der Waals surface area (Å²) >= 11 is 0. The topological polar surface area (TPSA) is 570 Å². The highest BCUT2D eigenvalue weighted by molar-refractivity contribution is 7.92. The normalized spacial score (nSPS) is 37.6. The molecule has 7 saturated heterocycles. The molecule has 7 heterocycles. The van der Waals surface area contributed by atoms with Crippen LogP contribution in [0.5, 0.6) is 0 Å². The minimum Gasteiger partial charge on any atom is -0.394 e. The molecule has 42 nitrogen and oxygen atoms in total. The second-order valence-electron chi connectivity index (χ2n) is 26.6. The van der Waals surface area contributed by atoms with Crippen molar-refractivity contribution >= 4 is 46.3 Å². The Morgan fingerprint density at radius 1 is 0.300 bits per heavy atom. The first kappa shape index (κ1) is 113. The van der Waals surface area contributed by atoms with Gasteiger partial charge in [-0.15, -0.1) is 39.5 Å². The van der Waals surface area contributed by atoms with Gasteiger partial charge in [0.15, 0.2) is 44.0 Å². The van der Waals surface area contributed by atoms with Gasteiger partial charge in [0.1, 0.15) is 147 Å². The summed E-state index contributed by atoms with van der Waals surface area (Å²) in [5.41, 5.74) is 0. The van der Waals surface area contributed by atoms with Crippen LogP contribution in [0, 0.1) is 23.7 Å². The highest BCUT2D eigenvalue weighted by Crippen LogP contribution is 2.35. The quantitative estimate of drug-likeness (QED) is 0.0117. The van der Waals surface area contributed by atoms with Gasteiger partial charge in [-0.1, -0.05) is 42.2 Å². The average molecular weight is 1760 g/mol. The molecular weight excluding hydrogens is 1630 g/mol. The molecular formula is C77H131O42S-. The van der Waals surface area contributed by atoms with Crippen LogP contribution in [-0.4, -0.2) is 456 Å². The van der Waals surface area contributed by atoms with E-state index in [4.69, 9.17) is 140 Å². The zero-order valence-corrected chi connectivity index (χ0v) is 70.5. The van der Waals surface area contributed by atoms with Crippen LogP contribution in [-0.2, 0) is 148 Å². The van der Waals surface area contributed by atoms with E-state index in [0.29, 0.717) is 19.5 Å². The molecule has 120 heavy (non-hydrogen) atoms. The van der Waals surface area contributed by atoms with E-state index in [9.17, 15) is 59.7 Å². The molecule has 0 bridgehead atoms. The maximum absolute atomic E-state index is 11.4. The van der Waals surface area contributed by atoms with Gasteiger partial charge < -0.3 is 209 Å². The fourth-order valence-corrected chi connectivity index (χ4v) is 13.6. The Morgan fingerprint density at radius 2 is 0.533 bits per heavy atom. The molecule has 0 amide bonds. The summed E-state index contributed by atoms with van der Waals surface area (Å²) in [5, 5.41) is 122. The van der Waals surface area contributed by atoms with Crippen molar-refractivity contribution in [1.29, 1.82) is 0 Å². The second kappa shape index (κ2) is 64.2. The third-order valence-electron chi connectivity index (χ3n) is 19.0. The summed E-state index contributed by atoms with van der Waals surface area (Å²) in [5.74, 6) is 1.89. The van der Waals surface area contributed by atoms with Gasteiger partial charge in [0, 0.05) is 78.2 Å². The van der Waals surface area contributed by atoms with E-state index in [2.05, 4.69) is 50.1 Å². The molecule has 0 aromatic heterocycles. The Kier molecular flexibility index (Phi) is 60.7. The Hall–Kier alpha value is -4.56. The maximum atomic E-state index is 11.4. The molecule has 43 heteroatoms. The fraction of sp³-hybridized carbons (Fsp3) is 0.766. The van der Waals surface area contributed by atoms with E-state index in [-0.39, 0.29) is 58.6 Å². The number of methoxy groups -OCH3 is 11. The van der Waals surface area contributed by atoms with Gasteiger partial charge in [0.05, 0.1) is 127 Å². The van der Waals surface area contributed by atoms with Crippen molar-refractivity contribution in [1.82, 2.24) is 0 Å². The minimum absolute atomic E-state index is 0.110. The molecule has 7 fully saturated rings. The molecule has 7 aliphatic heterocycles. The van der Waals surface area contributed by atoms with Crippen LogP contribution in [0.3, 0.4) is 0 Å². The van der Waals surface area contributed by atoms with E-state index in [1.165, 1.54) is 76.1 Å². The third kappa shape index (κ3) is 34.3. The smallest absolute Gasteiger partial charge is 0.187 e. The van der Waals surface area contributed by atoms with Crippen LogP contribution < -0.4 is 0 Å². The number of carbonyl (C=O) groups excluding carboxylic acids is 5. The standard InChI is InChI=1S/C14H21O6S.2C13H22O6.C12H20O6.C10H18O6.C9H16O6.C6H12O6/c1-5-6-19-14-13(18-3)12(17-2)10(7-15)11(20-14)8-21(4)9-16;2*1-5-6-18-13-12(17-4)11(16-3)9(7-14)10(19-13)8-15-2;1-4-5-17-12-11(16-3)10(15-2)8(6-13)9(7-14)18-12;1-3-4-15-10-9(13)8(12)7(11)6(16-10)5-14-2;1-2-3-14-9-8(13)7(12)6(11)5(4-10)15-9;7-1-2-3(8)4(9)5(10)6(11)12-2/h5,7,10-14H,1,4,6,8H2,2-3H3;2*5,7,9-13H,1,6,8H2,2-4H3;4,6,8-12,14H,1,5,7H2,2-3H3;3,6-13H,1,4-5H2,2H3;2,5-13H,1,3-4H2;2-11H,1H2/q-1;;;;;;. The van der Waals surface area contributed by atoms with Gasteiger partial charge in [-0.05, 0) is 5.23 Å². The molecule has 7 aliphatic rings. The lowest BCUT2D eigenvalue weighted by Crippen LogP contribution is -2.59. The third-order valence-corrected chi connectivity index (χ3v) is 19.9. The number of carbonyl (C=O) groups is 4. The Morgan fingerprint density at radius 3 is 0.808 bits per heavy atom. The molecule has 0 aromatic rings. The molecule has 0 aliphatic carbocycles. The molecule has 0 radical (unpaired) electrons. The zero-order valence-electron chi connectivity index (χ0n) is 69.7. The summed E-state index contributed by atoms with van der Waals surface area (Å²) in [6, 6.07) is 0. The van der Waals surface area contributed by atoms with Crippen molar-refractivity contribution in [2.45, 2.75) is 191 Å². The first-order valence-corrected chi connectivity index (χ1v) is 39.1. The number of rotatable bonds is 41. The number of aldehydes is 4. The van der Waals surface area contributed by atoms with Crippen LogP contribution in [0.1, 0.15) is 0 Å². The largest absolute Gasteiger partial charge is 0.394 e. The molecule has 13 N–H and O–H groups in total. The van der Waals surface area contributed by atoms with Gasteiger partial charge in [-0.25, -0.2) is 5.87 Å². The number of aliphatic hydroxyl groups is 13. The van der Waals surface area contributed by atoms with Gasteiger partial charge in [-0.2, -0.15) is 0 Å². The van der Waals surface area contributed by atoms with Crippen molar-refractivity contribution in [3.05, 3.63) is 75.9 Å². The lowest BCUT2D eigenvalue weighted by atomic mass is 9.90. The predicted octanol–water partition coefficient (Wildman–Crippen LogP) is -6.15. The van der Waals surface area contributed by atoms with Crippen LogP contribution in [0.15, 0.2) is 75.9 Å². The summed E-state index contributed by atoms with van der Waals surface area (Å²) in [6.45, 7) is 22.1. The molecule has 698 valence electrons. The first-order valence-electron chi connectivity index (χ1n) is 37.6. The van der Waals surface area contributed by atoms with E-state index in [1.54, 1.807) is 38.5 Å². The van der Waals surface area contributed by atoms with Gasteiger partial charge in [0.2, 0.25) is 0 Å². The highest BCUT2D eigenvalue weighted by Gasteiger charge is 2.52. The van der Waals surface area contributed by atoms with Gasteiger partial charge in [0.25, 0.3) is 0 Å². The second-order valence-corrected chi connectivity index (χ2v) is 28.1. The van der Waals surface area contributed by atoms with E-state index >= 15 is 0 Å². The maximum Gasteiger partial charge on any atom is 0.187 e. The monoisotopic (exact) mass is 1760 g/mol. The number of hydrogen-bond acceptors (Lipinski definition) is 43. The number of ether oxygens (including phenoxy) is 24. The zero-order chi connectivity index (χ0) is 90.7. The molecule has 0 saturated carbocycles. The molecule has 7 rings (SSSR count). The van der Waals surface area contributed by atoms with Gasteiger partial charge >= 0.3 is 0 Å². The SMILES string of the molecule is C=CCOC1OC(CO)C(C=O)C(OC)C1OC.C=CCOC1OC(CO)C(O)C(O)C1O.C=CCOC1OC(COC)C(C=O)C(OC)C1OC.C=CCOC1OC(COC)C(C=O)C(OC)C1OC.C=CCOC1OC(COC)C(O)C(O)C1O.C=CCOC1OC(C[S-](=C)=C=O)C(C=O)C(OC)C1OC.OCC1OC(O)C(O)C(O)C1O. The predicted molar refractivity (Wildman–Crippen MR) is 420 cm³/mol. The van der Waals surface area contributed by atoms with Crippen LogP contribution in [0.2, 0.25) is 0 Å². The Labute approximate surface area is 701 Å². The van der Waals surface area contributed by atoms with E-state index in [1.807, 2.05) is 5.23 Å². The van der Waals surface area contributed by atoms with Crippen molar-refractivity contribution in [3.8, 4) is 0 Å². The van der Waals surface area contributed by atoms with E-state index < -0.39 is 237 Å². The average Bonchev–Trinajstić information content (AvgIpc) is 0.793. The highest BCUT2D eigenvalue weighted by atomic mass is 32.2. The van der Waals surface area contributed by atoms with Crippen molar-refractivity contribution in [2.24, 2.45) is 23.7 Å². The molecule has 35 unspecified atom stereocenters. The summed E-state index contributed by atoms with van der Waals surface area (Å²) < 4.78 is 128. The Bertz CT molecular complexity index is 2840. The van der Waals surface area contributed by atoms with E-state index in [0.717, 1.165) is 18.9 Å². The number of aliphatic hydroxyl groups excluding tert-OH is 13. The van der Waals surface area contributed by atoms with Crippen molar-refractivity contribution in [3.63, 3.8) is 0 Å². The molecule has 35 atom stereocenters. The number of hydrogen-bond donors (Lipinski definition) is 13. The Balaban J connectivity index is 0.000000704. The molecule has 0 spiro atoms. The lowest BCUT2D eigenvalue weighted by molar-refractivity contribution is -0.299. The molecule has 0 aromatic carbocycles. The first-order chi connectivity index (χ1) is 57.6. The van der Waals surface area contributed by atoms with Crippen LogP contribution in [0.25, 0.3) is 0 Å².